The van der Waals surface area contributed by atoms with Crippen molar-refractivity contribution in [2.45, 2.75) is 13.8 Å². The van der Waals surface area contributed by atoms with Crippen LogP contribution in [0.5, 0.6) is 0 Å². The van der Waals surface area contributed by atoms with E-state index in [4.69, 9.17) is 23.2 Å². The van der Waals surface area contributed by atoms with E-state index in [9.17, 15) is 4.79 Å². The third-order valence-electron chi connectivity index (χ3n) is 2.77. The fraction of sp³-hybridized carbons (Fsp3) is 0.267. The monoisotopic (exact) mass is 338 g/mol. The lowest BCUT2D eigenvalue weighted by Gasteiger charge is -2.09. The molecule has 2 rings (SSSR count). The van der Waals surface area contributed by atoms with Gasteiger partial charge >= 0.3 is 0 Å². The van der Waals surface area contributed by atoms with Crippen LogP contribution < -0.4 is 10.6 Å². The van der Waals surface area contributed by atoms with Crippen LogP contribution in [0, 0.1) is 5.92 Å². The van der Waals surface area contributed by atoms with Crippen LogP contribution in [0.4, 0.5) is 11.5 Å². The van der Waals surface area contributed by atoms with Gasteiger partial charge in [-0.25, -0.2) is 0 Å². The summed E-state index contributed by atoms with van der Waals surface area (Å²) < 4.78 is 0. The van der Waals surface area contributed by atoms with Gasteiger partial charge in [-0.3, -0.25) is 4.79 Å². The van der Waals surface area contributed by atoms with Gasteiger partial charge in [0.05, 0.1) is 10.7 Å². The molecule has 1 heterocycles. The lowest BCUT2D eigenvalue weighted by atomic mass is 10.2. The molecule has 0 atom stereocenters. The van der Waals surface area contributed by atoms with Crippen LogP contribution in [0.25, 0.3) is 0 Å². The van der Waals surface area contributed by atoms with E-state index in [1.54, 1.807) is 30.3 Å². The smallest absolute Gasteiger partial charge is 0.276 e. The van der Waals surface area contributed by atoms with Gasteiger partial charge in [0.25, 0.3) is 5.91 Å². The van der Waals surface area contributed by atoms with E-state index in [-0.39, 0.29) is 11.6 Å². The van der Waals surface area contributed by atoms with Crippen molar-refractivity contribution in [3.63, 3.8) is 0 Å². The third-order valence-corrected chi connectivity index (χ3v) is 3.32. The number of rotatable bonds is 5. The number of nitrogens with one attached hydrogen (secondary N) is 2. The number of aromatic nitrogens is 2. The summed E-state index contributed by atoms with van der Waals surface area (Å²) in [5, 5.41) is 14.6. The van der Waals surface area contributed by atoms with Crippen molar-refractivity contribution >= 4 is 40.6 Å². The van der Waals surface area contributed by atoms with Gasteiger partial charge < -0.3 is 10.6 Å². The zero-order valence-corrected chi connectivity index (χ0v) is 13.7. The Morgan fingerprint density at radius 1 is 1.18 bits per heavy atom. The Bertz CT molecular complexity index is 659. The second-order valence-electron chi connectivity index (χ2n) is 5.16. The second kappa shape index (κ2) is 7.42. The minimum Gasteiger partial charge on any atom is -0.368 e. The highest BCUT2D eigenvalue weighted by Gasteiger charge is 2.11. The average molecular weight is 339 g/mol. The van der Waals surface area contributed by atoms with Crippen molar-refractivity contribution in [3.8, 4) is 0 Å². The van der Waals surface area contributed by atoms with E-state index in [1.165, 1.54) is 0 Å². The lowest BCUT2D eigenvalue weighted by Crippen LogP contribution is -2.16. The van der Waals surface area contributed by atoms with Crippen molar-refractivity contribution in [2.24, 2.45) is 5.92 Å². The van der Waals surface area contributed by atoms with Crippen molar-refractivity contribution in [3.05, 3.63) is 46.1 Å². The molecule has 0 saturated carbocycles. The van der Waals surface area contributed by atoms with Gasteiger partial charge in [-0.05, 0) is 36.2 Å². The number of amides is 1. The molecule has 0 aliphatic rings. The number of benzene rings is 1. The molecule has 5 nitrogen and oxygen atoms in total. The van der Waals surface area contributed by atoms with Crippen LogP contribution in [0.3, 0.4) is 0 Å². The standard InChI is InChI=1S/C15H16Cl2N4O/c1-9(2)8-18-14-6-5-13(20-21-14)15(22)19-12-4-3-10(16)7-11(12)17/h3-7,9H,8H2,1-2H3,(H,18,21)(H,19,22). The van der Waals surface area contributed by atoms with Crippen LogP contribution in [-0.2, 0) is 0 Å². The Morgan fingerprint density at radius 2 is 1.95 bits per heavy atom. The van der Waals surface area contributed by atoms with Gasteiger partial charge in [-0.1, -0.05) is 37.0 Å². The zero-order valence-electron chi connectivity index (χ0n) is 12.2. The molecule has 7 heteroatoms. The second-order valence-corrected chi connectivity index (χ2v) is 6.00. The molecule has 0 radical (unpaired) electrons. The first-order valence-electron chi connectivity index (χ1n) is 6.79. The van der Waals surface area contributed by atoms with Crippen LogP contribution in [0.2, 0.25) is 10.0 Å². The number of anilines is 2. The van der Waals surface area contributed by atoms with Crippen molar-refractivity contribution in [1.29, 1.82) is 0 Å². The van der Waals surface area contributed by atoms with Gasteiger partial charge in [-0.2, -0.15) is 0 Å². The summed E-state index contributed by atoms with van der Waals surface area (Å²) in [5.74, 6) is 0.749. The van der Waals surface area contributed by atoms with Crippen LogP contribution in [0.15, 0.2) is 30.3 Å². The molecule has 0 unspecified atom stereocenters. The quantitative estimate of drug-likeness (QED) is 0.860. The molecule has 1 aromatic heterocycles. The van der Waals surface area contributed by atoms with E-state index in [0.29, 0.717) is 27.5 Å². The first kappa shape index (κ1) is 16.5. The molecule has 0 fully saturated rings. The van der Waals surface area contributed by atoms with Crippen LogP contribution in [-0.4, -0.2) is 22.6 Å². The van der Waals surface area contributed by atoms with Gasteiger partial charge in [0.15, 0.2) is 5.69 Å². The molecule has 1 aromatic carbocycles. The maximum Gasteiger partial charge on any atom is 0.276 e. The molecule has 116 valence electrons. The Balaban J connectivity index is 2.03. The lowest BCUT2D eigenvalue weighted by molar-refractivity contribution is 0.102. The van der Waals surface area contributed by atoms with E-state index < -0.39 is 0 Å². The highest BCUT2D eigenvalue weighted by molar-refractivity contribution is 6.36. The molecule has 0 aliphatic heterocycles. The Labute approximate surface area is 139 Å². The van der Waals surface area contributed by atoms with Gasteiger partial charge in [0.2, 0.25) is 0 Å². The maximum atomic E-state index is 12.1. The Morgan fingerprint density at radius 3 is 2.55 bits per heavy atom. The molecule has 2 N–H and O–H groups in total. The number of hydrogen-bond donors (Lipinski definition) is 2. The fourth-order valence-electron chi connectivity index (χ4n) is 1.63. The minimum atomic E-state index is -0.382. The molecule has 0 spiro atoms. The minimum absolute atomic E-state index is 0.209. The van der Waals surface area contributed by atoms with E-state index in [0.717, 1.165) is 6.54 Å². The summed E-state index contributed by atoms with van der Waals surface area (Å²) in [7, 11) is 0. The molecule has 2 aromatic rings. The van der Waals surface area contributed by atoms with E-state index in [1.807, 2.05) is 0 Å². The molecule has 0 saturated heterocycles. The SMILES string of the molecule is CC(C)CNc1ccc(C(=O)Nc2ccc(Cl)cc2Cl)nn1. The van der Waals surface area contributed by atoms with Crippen molar-refractivity contribution in [2.75, 3.05) is 17.2 Å². The first-order chi connectivity index (χ1) is 10.5. The summed E-state index contributed by atoms with van der Waals surface area (Å²) in [6.07, 6.45) is 0. The summed E-state index contributed by atoms with van der Waals surface area (Å²) in [6.45, 7) is 4.98. The highest BCUT2D eigenvalue weighted by Crippen LogP contribution is 2.25. The normalized spacial score (nSPS) is 10.6. The average Bonchev–Trinajstić information content (AvgIpc) is 2.48. The van der Waals surface area contributed by atoms with E-state index in [2.05, 4.69) is 34.7 Å². The molecule has 22 heavy (non-hydrogen) atoms. The van der Waals surface area contributed by atoms with Crippen LogP contribution >= 0.6 is 23.2 Å². The summed E-state index contributed by atoms with van der Waals surface area (Å²) in [6, 6.07) is 8.16. The topological polar surface area (TPSA) is 66.9 Å². The summed E-state index contributed by atoms with van der Waals surface area (Å²) >= 11 is 11.8. The number of carbonyl (C=O) groups is 1. The third kappa shape index (κ3) is 4.58. The Hall–Kier alpha value is -1.85. The molecule has 1 amide bonds. The van der Waals surface area contributed by atoms with Gasteiger partial charge in [0.1, 0.15) is 5.82 Å². The fourth-order valence-corrected chi connectivity index (χ4v) is 2.09. The van der Waals surface area contributed by atoms with Crippen molar-refractivity contribution in [1.82, 2.24) is 10.2 Å². The molecule has 0 aliphatic carbocycles. The van der Waals surface area contributed by atoms with Crippen molar-refractivity contribution < 1.29 is 4.79 Å². The van der Waals surface area contributed by atoms with Crippen LogP contribution in [0.1, 0.15) is 24.3 Å². The molecule has 0 bridgehead atoms. The molecular formula is C15H16Cl2N4O. The summed E-state index contributed by atoms with van der Waals surface area (Å²) in [5.41, 5.74) is 0.681. The predicted molar refractivity (Wildman–Crippen MR) is 89.8 cm³/mol. The number of halogens is 2. The molecular weight excluding hydrogens is 323 g/mol. The number of nitrogens with zero attached hydrogens (tertiary/aromatic N) is 2. The Kier molecular flexibility index (Phi) is 5.57. The summed E-state index contributed by atoms with van der Waals surface area (Å²) in [4.78, 5) is 12.1. The maximum absolute atomic E-state index is 12.1. The van der Waals surface area contributed by atoms with E-state index >= 15 is 0 Å². The van der Waals surface area contributed by atoms with Gasteiger partial charge in [-0.15, -0.1) is 10.2 Å². The van der Waals surface area contributed by atoms with Gasteiger partial charge in [0, 0.05) is 11.6 Å². The zero-order chi connectivity index (χ0) is 16.1. The predicted octanol–water partition coefficient (Wildman–Crippen LogP) is 4.10. The first-order valence-corrected chi connectivity index (χ1v) is 7.55. The highest BCUT2D eigenvalue weighted by atomic mass is 35.5. The number of carbonyl (C=O) groups excluding carboxylic acids is 1. The number of hydrogen-bond acceptors (Lipinski definition) is 4. The largest absolute Gasteiger partial charge is 0.368 e.